The second-order valence-corrected chi connectivity index (χ2v) is 10.1. The largest absolute Gasteiger partial charge is 0.465 e. The Morgan fingerprint density at radius 2 is 1.45 bits per heavy atom. The summed E-state index contributed by atoms with van der Waals surface area (Å²) in [6.07, 6.45) is 3.17. The Hall–Kier alpha value is -4.69. The van der Waals surface area contributed by atoms with Crippen LogP contribution < -0.4 is 5.32 Å². The van der Waals surface area contributed by atoms with Crippen LogP contribution in [-0.4, -0.2) is 63.0 Å². The van der Waals surface area contributed by atoms with Crippen molar-refractivity contribution in [2.45, 2.75) is 24.1 Å². The van der Waals surface area contributed by atoms with Crippen molar-refractivity contribution in [2.24, 2.45) is 0 Å². The first-order valence-electron chi connectivity index (χ1n) is 13.4. The fraction of sp³-hybridized carbons (Fsp3) is 0.219. The van der Waals surface area contributed by atoms with E-state index in [9.17, 15) is 9.90 Å². The minimum atomic E-state index is -0.953. The summed E-state index contributed by atoms with van der Waals surface area (Å²) in [7, 11) is 1.62. The molecule has 2 atom stereocenters. The maximum absolute atomic E-state index is 11.8. The van der Waals surface area contributed by atoms with Gasteiger partial charge in [-0.1, -0.05) is 91.0 Å². The summed E-state index contributed by atoms with van der Waals surface area (Å²) < 4.78 is 7.76. The summed E-state index contributed by atoms with van der Waals surface area (Å²) in [5.74, 6) is 0.666. The van der Waals surface area contributed by atoms with Gasteiger partial charge in [0.05, 0.1) is 18.0 Å². The lowest BCUT2D eigenvalue weighted by Gasteiger charge is -2.38. The molecule has 0 radical (unpaired) electrons. The van der Waals surface area contributed by atoms with E-state index in [1.165, 1.54) is 4.90 Å². The summed E-state index contributed by atoms with van der Waals surface area (Å²) in [4.78, 5) is 22.5. The van der Waals surface area contributed by atoms with Crippen LogP contribution in [0.1, 0.15) is 23.1 Å². The van der Waals surface area contributed by atoms with Crippen molar-refractivity contribution >= 4 is 22.9 Å². The minimum Gasteiger partial charge on any atom is -0.465 e. The standard InChI is InChI=1S/C32H31N5O3/c1-40-27-19-26(20-36(21-27)31(38)39)35-29-28-17-18-37(30(28)34-22-33-29)32(23-11-5-2-6-12-23,24-13-7-3-8-14-24)25-15-9-4-10-16-25/h2-18,22,26-27H,19-21H2,1H3,(H,38,39)(H,33,34,35). The molecular formula is C32H31N5O3. The average Bonchev–Trinajstić information content (AvgIpc) is 3.44. The second kappa shape index (κ2) is 10.8. The van der Waals surface area contributed by atoms with E-state index in [-0.39, 0.29) is 12.1 Å². The molecule has 3 heterocycles. The van der Waals surface area contributed by atoms with Crippen molar-refractivity contribution in [2.75, 3.05) is 25.5 Å². The summed E-state index contributed by atoms with van der Waals surface area (Å²) in [6.45, 7) is 0.705. The highest BCUT2D eigenvalue weighted by atomic mass is 16.5. The van der Waals surface area contributed by atoms with Gasteiger partial charge in [0, 0.05) is 25.9 Å². The molecule has 0 aliphatic carbocycles. The summed E-state index contributed by atoms with van der Waals surface area (Å²) in [5, 5.41) is 14.0. The van der Waals surface area contributed by atoms with Gasteiger partial charge in [-0.05, 0) is 29.2 Å². The van der Waals surface area contributed by atoms with Crippen molar-refractivity contribution in [3.63, 3.8) is 0 Å². The number of hydrogen-bond donors (Lipinski definition) is 2. The number of methoxy groups -OCH3 is 1. The Kier molecular flexibility index (Phi) is 6.92. The lowest BCUT2D eigenvalue weighted by Crippen LogP contribution is -2.51. The third kappa shape index (κ3) is 4.46. The first-order chi connectivity index (χ1) is 19.6. The van der Waals surface area contributed by atoms with Gasteiger partial charge >= 0.3 is 6.09 Å². The molecule has 8 nitrogen and oxygen atoms in total. The highest BCUT2D eigenvalue weighted by Crippen LogP contribution is 2.43. The molecule has 3 aromatic carbocycles. The van der Waals surface area contributed by atoms with E-state index in [4.69, 9.17) is 9.72 Å². The maximum Gasteiger partial charge on any atom is 0.407 e. The van der Waals surface area contributed by atoms with Crippen LogP contribution in [0, 0.1) is 0 Å². The van der Waals surface area contributed by atoms with E-state index in [1.54, 1.807) is 13.4 Å². The quantitative estimate of drug-likeness (QED) is 0.270. The number of piperidine rings is 1. The van der Waals surface area contributed by atoms with Gasteiger partial charge in [0.2, 0.25) is 0 Å². The zero-order chi connectivity index (χ0) is 27.5. The lowest BCUT2D eigenvalue weighted by atomic mass is 9.76. The summed E-state index contributed by atoms with van der Waals surface area (Å²) in [6, 6.07) is 33.3. The number of ether oxygens (including phenoxy) is 1. The van der Waals surface area contributed by atoms with E-state index in [0.29, 0.717) is 25.3 Å². The SMILES string of the molecule is COC1CC(Nc2ncnc3c2ccn3C(c2ccccc2)(c2ccccc2)c2ccccc2)CN(C(=O)O)C1. The summed E-state index contributed by atoms with van der Waals surface area (Å²) in [5.41, 5.74) is 3.37. The van der Waals surface area contributed by atoms with Gasteiger partial charge in [-0.15, -0.1) is 0 Å². The van der Waals surface area contributed by atoms with Gasteiger partial charge in [0.15, 0.2) is 0 Å². The van der Waals surface area contributed by atoms with E-state index in [0.717, 1.165) is 27.7 Å². The monoisotopic (exact) mass is 533 g/mol. The molecule has 0 bridgehead atoms. The molecule has 40 heavy (non-hydrogen) atoms. The smallest absolute Gasteiger partial charge is 0.407 e. The molecular weight excluding hydrogens is 502 g/mol. The number of likely N-dealkylation sites (tertiary alicyclic amines) is 1. The minimum absolute atomic E-state index is 0.154. The molecule has 1 aliphatic heterocycles. The van der Waals surface area contributed by atoms with Crippen LogP contribution in [-0.2, 0) is 10.3 Å². The average molecular weight is 534 g/mol. The number of aromatic nitrogens is 3. The topological polar surface area (TPSA) is 92.5 Å². The first-order valence-corrected chi connectivity index (χ1v) is 13.4. The first kappa shape index (κ1) is 25.6. The van der Waals surface area contributed by atoms with Crippen LogP contribution >= 0.6 is 0 Å². The number of rotatable bonds is 7. The predicted molar refractivity (Wildman–Crippen MR) is 155 cm³/mol. The van der Waals surface area contributed by atoms with Gasteiger partial charge in [0.1, 0.15) is 23.3 Å². The van der Waals surface area contributed by atoms with E-state index >= 15 is 0 Å². The molecule has 2 aromatic heterocycles. The number of nitrogens with one attached hydrogen (secondary N) is 1. The molecule has 2 N–H and O–H groups in total. The van der Waals surface area contributed by atoms with Crippen LogP contribution in [0.15, 0.2) is 110 Å². The maximum atomic E-state index is 11.8. The molecule has 6 rings (SSSR count). The number of amides is 1. The van der Waals surface area contributed by atoms with Crippen LogP contribution in [0.4, 0.5) is 10.6 Å². The Balaban J connectivity index is 1.52. The third-order valence-electron chi connectivity index (χ3n) is 7.77. The molecule has 2 unspecified atom stereocenters. The van der Waals surface area contributed by atoms with E-state index < -0.39 is 11.6 Å². The molecule has 8 heteroatoms. The molecule has 1 amide bonds. The van der Waals surface area contributed by atoms with Crippen molar-refractivity contribution < 1.29 is 14.6 Å². The van der Waals surface area contributed by atoms with Gasteiger partial charge in [0.25, 0.3) is 0 Å². The number of fused-ring (bicyclic) bond motifs is 1. The number of benzene rings is 3. The highest BCUT2D eigenvalue weighted by molar-refractivity contribution is 5.88. The van der Waals surface area contributed by atoms with Crippen LogP contribution in [0.5, 0.6) is 0 Å². The van der Waals surface area contributed by atoms with Gasteiger partial charge < -0.3 is 24.6 Å². The Labute approximate surface area is 232 Å². The van der Waals surface area contributed by atoms with Crippen LogP contribution in [0.2, 0.25) is 0 Å². The number of carbonyl (C=O) groups is 1. The molecule has 202 valence electrons. The van der Waals surface area contributed by atoms with Crippen molar-refractivity contribution in [3.8, 4) is 0 Å². The number of hydrogen-bond acceptors (Lipinski definition) is 5. The fourth-order valence-electron chi connectivity index (χ4n) is 5.97. The molecule has 0 saturated carbocycles. The fourth-order valence-corrected chi connectivity index (χ4v) is 5.97. The van der Waals surface area contributed by atoms with Crippen molar-refractivity contribution in [1.29, 1.82) is 0 Å². The third-order valence-corrected chi connectivity index (χ3v) is 7.77. The zero-order valence-corrected chi connectivity index (χ0v) is 22.2. The highest BCUT2D eigenvalue weighted by Gasteiger charge is 2.39. The normalized spacial score (nSPS) is 17.6. The van der Waals surface area contributed by atoms with Gasteiger partial charge in [-0.2, -0.15) is 0 Å². The van der Waals surface area contributed by atoms with Gasteiger partial charge in [-0.3, -0.25) is 0 Å². The second-order valence-electron chi connectivity index (χ2n) is 10.1. The summed E-state index contributed by atoms with van der Waals surface area (Å²) >= 11 is 0. The van der Waals surface area contributed by atoms with Crippen molar-refractivity contribution in [1.82, 2.24) is 19.4 Å². The number of nitrogens with zero attached hydrogens (tertiary/aromatic N) is 4. The predicted octanol–water partition coefficient (Wildman–Crippen LogP) is 5.45. The number of anilines is 1. The molecule has 1 saturated heterocycles. The Morgan fingerprint density at radius 3 is 1.98 bits per heavy atom. The van der Waals surface area contributed by atoms with E-state index in [1.807, 2.05) is 24.3 Å². The number of carboxylic acid groups (broad SMARTS) is 1. The van der Waals surface area contributed by atoms with E-state index in [2.05, 4.69) is 93.9 Å². The lowest BCUT2D eigenvalue weighted by molar-refractivity contribution is 0.0287. The van der Waals surface area contributed by atoms with Crippen LogP contribution in [0.3, 0.4) is 0 Å². The molecule has 1 aliphatic rings. The van der Waals surface area contributed by atoms with Gasteiger partial charge in [-0.25, -0.2) is 14.8 Å². The van der Waals surface area contributed by atoms with Crippen LogP contribution in [0.25, 0.3) is 11.0 Å². The molecule has 5 aromatic rings. The Bertz CT molecular complexity index is 1490. The zero-order valence-electron chi connectivity index (χ0n) is 22.2. The molecule has 0 spiro atoms. The Morgan fingerprint density at radius 1 is 0.875 bits per heavy atom. The van der Waals surface area contributed by atoms with Crippen molar-refractivity contribution in [3.05, 3.63) is 126 Å². The molecule has 1 fully saturated rings.